The molecule has 2 aromatic heterocycles. The number of ether oxygens (including phenoxy) is 1. The number of hydrogen-bond acceptors (Lipinski definition) is 6. The fourth-order valence-corrected chi connectivity index (χ4v) is 3.92. The van der Waals surface area contributed by atoms with E-state index in [1.807, 2.05) is 17.0 Å². The number of thiophene rings is 1. The van der Waals surface area contributed by atoms with Gasteiger partial charge in [-0.3, -0.25) is 9.59 Å². The van der Waals surface area contributed by atoms with Gasteiger partial charge in [-0.15, -0.1) is 11.3 Å². The van der Waals surface area contributed by atoms with Gasteiger partial charge in [0.1, 0.15) is 4.70 Å². The van der Waals surface area contributed by atoms with Crippen molar-refractivity contribution in [1.29, 1.82) is 0 Å². The number of amides is 1. The average molecular weight is 405 g/mol. The van der Waals surface area contributed by atoms with E-state index in [0.717, 1.165) is 5.56 Å². The summed E-state index contributed by atoms with van der Waals surface area (Å²) in [5, 5.41) is 5.17. The van der Waals surface area contributed by atoms with Crippen molar-refractivity contribution in [1.82, 2.24) is 5.32 Å². The van der Waals surface area contributed by atoms with Gasteiger partial charge in [0.25, 0.3) is 5.91 Å². The minimum atomic E-state index is -0.279. The second kappa shape index (κ2) is 7.72. The van der Waals surface area contributed by atoms with Crippen LogP contribution in [-0.4, -0.2) is 32.2 Å². The van der Waals surface area contributed by atoms with Crippen LogP contribution in [0.2, 0.25) is 5.02 Å². The minimum Gasteiger partial charge on any atom is -0.439 e. The van der Waals surface area contributed by atoms with Crippen molar-refractivity contribution in [3.05, 3.63) is 62.1 Å². The first kappa shape index (κ1) is 18.0. The molecule has 0 atom stereocenters. The first-order valence-corrected chi connectivity index (χ1v) is 9.78. The van der Waals surface area contributed by atoms with E-state index >= 15 is 0 Å². The molecule has 0 aliphatic carbocycles. The van der Waals surface area contributed by atoms with Crippen LogP contribution in [0.25, 0.3) is 10.3 Å². The Morgan fingerprint density at radius 1 is 1.22 bits per heavy atom. The minimum absolute atomic E-state index is 0.139. The van der Waals surface area contributed by atoms with Gasteiger partial charge >= 0.3 is 0 Å². The normalized spacial score (nSPS) is 14.5. The molecule has 3 aromatic rings. The summed E-state index contributed by atoms with van der Waals surface area (Å²) in [7, 11) is 0. The Morgan fingerprint density at radius 2 is 1.96 bits per heavy atom. The van der Waals surface area contributed by atoms with Gasteiger partial charge in [0, 0.05) is 36.1 Å². The van der Waals surface area contributed by atoms with Crippen LogP contribution in [0.4, 0.5) is 5.88 Å². The number of fused-ring (bicyclic) bond motifs is 1. The summed E-state index contributed by atoms with van der Waals surface area (Å²) in [6.45, 7) is 2.83. The molecule has 0 unspecified atom stereocenters. The van der Waals surface area contributed by atoms with Gasteiger partial charge in [-0.25, -0.2) is 0 Å². The number of morpholine rings is 1. The molecule has 1 aromatic carbocycles. The number of carbonyl (C=O) groups excluding carboxylic acids is 1. The molecule has 6 nitrogen and oxygen atoms in total. The van der Waals surface area contributed by atoms with Gasteiger partial charge in [0.15, 0.2) is 11.5 Å². The Labute approximate surface area is 164 Å². The van der Waals surface area contributed by atoms with Crippen LogP contribution in [-0.2, 0) is 11.3 Å². The van der Waals surface area contributed by atoms with E-state index in [0.29, 0.717) is 59.6 Å². The Morgan fingerprint density at radius 3 is 2.70 bits per heavy atom. The standard InChI is InChI=1S/C19H17ClN2O4S/c20-13-3-1-12(2-4-13)10-21-19(24)14-11-27-18-15(23)9-16(26-17(14)18)22-5-7-25-8-6-22/h1-4,9,11H,5-8,10H2,(H,21,24). The maximum absolute atomic E-state index is 12.6. The Balaban J connectivity index is 1.59. The summed E-state index contributed by atoms with van der Waals surface area (Å²) in [6, 6.07) is 8.74. The van der Waals surface area contributed by atoms with Gasteiger partial charge in [-0.2, -0.15) is 0 Å². The first-order valence-electron chi connectivity index (χ1n) is 8.52. The molecular formula is C19H17ClN2O4S. The van der Waals surface area contributed by atoms with Crippen molar-refractivity contribution in [2.24, 2.45) is 0 Å². The van der Waals surface area contributed by atoms with Gasteiger partial charge in [0.05, 0.1) is 18.8 Å². The molecule has 1 aliphatic rings. The third kappa shape index (κ3) is 3.85. The van der Waals surface area contributed by atoms with Crippen LogP contribution in [0.15, 0.2) is 44.9 Å². The molecule has 140 valence electrons. The highest BCUT2D eigenvalue weighted by Gasteiger charge is 2.20. The Bertz CT molecular complexity index is 1020. The van der Waals surface area contributed by atoms with Crippen molar-refractivity contribution in [2.75, 3.05) is 31.2 Å². The summed E-state index contributed by atoms with van der Waals surface area (Å²) in [6.07, 6.45) is 0. The molecule has 1 N–H and O–H groups in total. The molecular weight excluding hydrogens is 388 g/mol. The Hall–Kier alpha value is -2.35. The molecule has 8 heteroatoms. The van der Waals surface area contributed by atoms with Crippen molar-refractivity contribution >= 4 is 45.0 Å². The molecule has 4 rings (SSSR count). The van der Waals surface area contributed by atoms with Crippen LogP contribution in [0.1, 0.15) is 15.9 Å². The monoisotopic (exact) mass is 404 g/mol. The van der Waals surface area contributed by atoms with Crippen LogP contribution in [0.5, 0.6) is 0 Å². The molecule has 1 amide bonds. The number of anilines is 1. The molecule has 0 spiro atoms. The molecule has 1 saturated heterocycles. The highest BCUT2D eigenvalue weighted by molar-refractivity contribution is 7.17. The third-order valence-corrected chi connectivity index (χ3v) is 5.59. The molecule has 0 radical (unpaired) electrons. The number of hydrogen-bond donors (Lipinski definition) is 1. The van der Waals surface area contributed by atoms with Gasteiger partial charge in [-0.1, -0.05) is 23.7 Å². The van der Waals surface area contributed by atoms with E-state index in [4.69, 9.17) is 20.8 Å². The average Bonchev–Trinajstić information content (AvgIpc) is 3.13. The largest absolute Gasteiger partial charge is 0.439 e. The summed E-state index contributed by atoms with van der Waals surface area (Å²) in [4.78, 5) is 27.0. The maximum atomic E-state index is 12.6. The maximum Gasteiger partial charge on any atom is 0.256 e. The zero-order chi connectivity index (χ0) is 18.8. The van der Waals surface area contributed by atoms with Gasteiger partial charge in [0.2, 0.25) is 5.43 Å². The summed E-state index contributed by atoms with van der Waals surface area (Å²) < 4.78 is 11.7. The second-order valence-electron chi connectivity index (χ2n) is 6.17. The smallest absolute Gasteiger partial charge is 0.256 e. The van der Waals surface area contributed by atoms with E-state index in [1.54, 1.807) is 17.5 Å². The van der Waals surface area contributed by atoms with Crippen molar-refractivity contribution in [2.45, 2.75) is 6.54 Å². The van der Waals surface area contributed by atoms with Crippen molar-refractivity contribution in [3.63, 3.8) is 0 Å². The van der Waals surface area contributed by atoms with Crippen LogP contribution < -0.4 is 15.6 Å². The molecule has 0 saturated carbocycles. The number of nitrogens with one attached hydrogen (secondary N) is 1. The van der Waals surface area contributed by atoms with Crippen molar-refractivity contribution in [3.8, 4) is 0 Å². The van der Waals surface area contributed by atoms with Gasteiger partial charge < -0.3 is 19.4 Å². The van der Waals surface area contributed by atoms with E-state index in [-0.39, 0.29) is 11.3 Å². The lowest BCUT2D eigenvalue weighted by Crippen LogP contribution is -2.36. The lowest BCUT2D eigenvalue weighted by Gasteiger charge is -2.27. The van der Waals surface area contributed by atoms with Crippen LogP contribution >= 0.6 is 22.9 Å². The zero-order valence-corrected chi connectivity index (χ0v) is 15.9. The van der Waals surface area contributed by atoms with Gasteiger partial charge in [-0.05, 0) is 17.7 Å². The highest BCUT2D eigenvalue weighted by atomic mass is 35.5. The zero-order valence-electron chi connectivity index (χ0n) is 14.4. The van der Waals surface area contributed by atoms with Crippen LogP contribution in [0, 0.1) is 0 Å². The number of halogens is 1. The highest BCUT2D eigenvalue weighted by Crippen LogP contribution is 2.27. The fourth-order valence-electron chi connectivity index (χ4n) is 2.91. The quantitative estimate of drug-likeness (QED) is 0.722. The van der Waals surface area contributed by atoms with Crippen LogP contribution in [0.3, 0.4) is 0 Å². The number of benzene rings is 1. The van der Waals surface area contributed by atoms with E-state index in [9.17, 15) is 9.59 Å². The molecule has 0 bridgehead atoms. The SMILES string of the molecule is O=C(NCc1ccc(Cl)cc1)c1csc2c(=O)cc(N3CCOCC3)oc12. The number of carbonyl (C=O) groups is 1. The van der Waals surface area contributed by atoms with E-state index in [2.05, 4.69) is 5.32 Å². The number of nitrogens with zero attached hydrogens (tertiary/aromatic N) is 1. The predicted octanol–water partition coefficient (Wildman–Crippen LogP) is 3.27. The van der Waals surface area contributed by atoms with Crippen molar-refractivity contribution < 1.29 is 13.9 Å². The third-order valence-electron chi connectivity index (χ3n) is 4.36. The fraction of sp³-hybridized carbons (Fsp3) is 0.263. The summed E-state index contributed by atoms with van der Waals surface area (Å²) in [5.41, 5.74) is 1.50. The van der Waals surface area contributed by atoms with E-state index in [1.165, 1.54) is 17.4 Å². The summed E-state index contributed by atoms with van der Waals surface area (Å²) in [5.74, 6) is 0.194. The molecule has 27 heavy (non-hydrogen) atoms. The first-order chi connectivity index (χ1) is 13.1. The van der Waals surface area contributed by atoms with E-state index < -0.39 is 0 Å². The molecule has 3 heterocycles. The topological polar surface area (TPSA) is 71.8 Å². The molecule has 1 fully saturated rings. The molecule has 1 aliphatic heterocycles. The lowest BCUT2D eigenvalue weighted by molar-refractivity contribution is 0.0951. The summed E-state index contributed by atoms with van der Waals surface area (Å²) >= 11 is 7.09. The Kier molecular flexibility index (Phi) is 5.15. The second-order valence-corrected chi connectivity index (χ2v) is 7.48. The predicted molar refractivity (Wildman–Crippen MR) is 106 cm³/mol. The number of rotatable bonds is 4. The lowest BCUT2D eigenvalue weighted by atomic mass is 10.2.